The SMILES string of the molecule is Cc1ccc([C@@H]2CN(C(=O)c3ccc4c(c3)OCO4)C[C@@H]2C(=O)NCC(C)C)cc1. The molecule has 1 N–H and O–H groups in total. The van der Waals surface area contributed by atoms with Gasteiger partial charge in [-0.15, -0.1) is 0 Å². The first-order valence-electron chi connectivity index (χ1n) is 10.5. The van der Waals surface area contributed by atoms with Crippen molar-refractivity contribution in [3.05, 3.63) is 59.2 Å². The van der Waals surface area contributed by atoms with E-state index in [1.807, 2.05) is 6.92 Å². The van der Waals surface area contributed by atoms with Gasteiger partial charge in [-0.05, 0) is 36.6 Å². The van der Waals surface area contributed by atoms with Gasteiger partial charge in [0.1, 0.15) is 0 Å². The topological polar surface area (TPSA) is 67.9 Å². The zero-order chi connectivity index (χ0) is 21.3. The Hall–Kier alpha value is -3.02. The Morgan fingerprint density at radius 2 is 1.80 bits per heavy atom. The van der Waals surface area contributed by atoms with Crippen LogP contribution < -0.4 is 14.8 Å². The highest BCUT2D eigenvalue weighted by molar-refractivity contribution is 5.96. The number of ether oxygens (including phenoxy) is 2. The molecule has 158 valence electrons. The Balaban J connectivity index is 1.56. The van der Waals surface area contributed by atoms with Crippen molar-refractivity contribution in [3.63, 3.8) is 0 Å². The molecule has 2 atom stereocenters. The van der Waals surface area contributed by atoms with Crippen LogP contribution in [0, 0.1) is 18.8 Å². The highest BCUT2D eigenvalue weighted by Crippen LogP contribution is 2.36. The lowest BCUT2D eigenvalue weighted by molar-refractivity contribution is -0.125. The summed E-state index contributed by atoms with van der Waals surface area (Å²) in [5.74, 6) is 1.22. The van der Waals surface area contributed by atoms with Crippen LogP contribution in [0.1, 0.15) is 41.3 Å². The van der Waals surface area contributed by atoms with Gasteiger partial charge in [-0.3, -0.25) is 9.59 Å². The molecule has 30 heavy (non-hydrogen) atoms. The van der Waals surface area contributed by atoms with Crippen molar-refractivity contribution in [1.29, 1.82) is 0 Å². The van der Waals surface area contributed by atoms with Gasteiger partial charge in [0.2, 0.25) is 12.7 Å². The molecule has 2 aliphatic heterocycles. The fourth-order valence-electron chi connectivity index (χ4n) is 4.03. The molecule has 0 bridgehead atoms. The van der Waals surface area contributed by atoms with Crippen molar-refractivity contribution in [2.24, 2.45) is 11.8 Å². The van der Waals surface area contributed by atoms with E-state index in [0.717, 1.165) is 5.56 Å². The van der Waals surface area contributed by atoms with Crippen LogP contribution in [0.5, 0.6) is 11.5 Å². The van der Waals surface area contributed by atoms with E-state index in [2.05, 4.69) is 43.4 Å². The van der Waals surface area contributed by atoms with E-state index in [-0.39, 0.29) is 30.4 Å². The maximum absolute atomic E-state index is 13.2. The lowest BCUT2D eigenvalue weighted by atomic mass is 9.88. The third kappa shape index (κ3) is 4.13. The van der Waals surface area contributed by atoms with Crippen LogP contribution in [0.15, 0.2) is 42.5 Å². The summed E-state index contributed by atoms with van der Waals surface area (Å²) in [5, 5.41) is 3.05. The van der Waals surface area contributed by atoms with Crippen LogP contribution >= 0.6 is 0 Å². The first kappa shape index (κ1) is 20.3. The van der Waals surface area contributed by atoms with E-state index in [1.54, 1.807) is 23.1 Å². The fourth-order valence-corrected chi connectivity index (χ4v) is 4.03. The van der Waals surface area contributed by atoms with Crippen LogP contribution in [0.3, 0.4) is 0 Å². The van der Waals surface area contributed by atoms with Crippen LogP contribution in [-0.4, -0.2) is 43.1 Å². The Morgan fingerprint density at radius 1 is 1.07 bits per heavy atom. The quantitative estimate of drug-likeness (QED) is 0.824. The van der Waals surface area contributed by atoms with Crippen molar-refractivity contribution in [2.75, 3.05) is 26.4 Å². The zero-order valence-corrected chi connectivity index (χ0v) is 17.7. The number of benzene rings is 2. The Kier molecular flexibility index (Phi) is 5.66. The van der Waals surface area contributed by atoms with Gasteiger partial charge in [0, 0.05) is 31.1 Å². The average molecular weight is 408 g/mol. The van der Waals surface area contributed by atoms with Crippen LogP contribution in [0.25, 0.3) is 0 Å². The van der Waals surface area contributed by atoms with E-state index in [0.29, 0.717) is 42.6 Å². The molecule has 0 spiro atoms. The van der Waals surface area contributed by atoms with E-state index >= 15 is 0 Å². The Labute approximate surface area is 177 Å². The molecule has 2 heterocycles. The van der Waals surface area contributed by atoms with Gasteiger partial charge in [0.15, 0.2) is 11.5 Å². The normalized spacial score (nSPS) is 19.9. The molecule has 2 amide bonds. The standard InChI is InChI=1S/C24H28N2O4/c1-15(2)11-25-23(27)20-13-26(12-19(20)17-6-4-16(3)5-7-17)24(28)18-8-9-21-22(10-18)30-14-29-21/h4-10,15,19-20H,11-14H2,1-3H3,(H,25,27)/t19-,20-/m0/s1. The molecule has 0 radical (unpaired) electrons. The number of carbonyl (C=O) groups is 2. The molecule has 4 rings (SSSR count). The number of amides is 2. The second-order valence-electron chi connectivity index (χ2n) is 8.54. The number of aryl methyl sites for hydroxylation is 1. The molecular formula is C24H28N2O4. The highest BCUT2D eigenvalue weighted by atomic mass is 16.7. The van der Waals surface area contributed by atoms with E-state index in [9.17, 15) is 9.59 Å². The minimum atomic E-state index is -0.274. The number of likely N-dealkylation sites (tertiary alicyclic amines) is 1. The fraction of sp³-hybridized carbons (Fsp3) is 0.417. The summed E-state index contributed by atoms with van der Waals surface area (Å²) in [4.78, 5) is 28.0. The molecule has 2 aliphatic rings. The van der Waals surface area contributed by atoms with Gasteiger partial charge < -0.3 is 19.7 Å². The van der Waals surface area contributed by atoms with Crippen molar-refractivity contribution >= 4 is 11.8 Å². The van der Waals surface area contributed by atoms with Crippen molar-refractivity contribution in [3.8, 4) is 11.5 Å². The number of carbonyl (C=O) groups excluding carboxylic acids is 2. The molecule has 0 saturated carbocycles. The zero-order valence-electron chi connectivity index (χ0n) is 17.7. The van der Waals surface area contributed by atoms with Gasteiger partial charge in [-0.2, -0.15) is 0 Å². The lowest BCUT2D eigenvalue weighted by Crippen LogP contribution is -2.37. The predicted octanol–water partition coefficient (Wildman–Crippen LogP) is 3.35. The van der Waals surface area contributed by atoms with Gasteiger partial charge in [-0.25, -0.2) is 0 Å². The summed E-state index contributed by atoms with van der Waals surface area (Å²) >= 11 is 0. The maximum Gasteiger partial charge on any atom is 0.254 e. The smallest absolute Gasteiger partial charge is 0.254 e. The van der Waals surface area contributed by atoms with Crippen molar-refractivity contribution in [2.45, 2.75) is 26.7 Å². The molecule has 0 aliphatic carbocycles. The largest absolute Gasteiger partial charge is 0.454 e. The highest BCUT2D eigenvalue weighted by Gasteiger charge is 2.40. The second-order valence-corrected chi connectivity index (χ2v) is 8.54. The third-order valence-corrected chi connectivity index (χ3v) is 5.75. The predicted molar refractivity (Wildman–Crippen MR) is 114 cm³/mol. The number of hydrogen-bond acceptors (Lipinski definition) is 4. The molecule has 2 aromatic carbocycles. The summed E-state index contributed by atoms with van der Waals surface area (Å²) in [5.41, 5.74) is 2.81. The molecule has 6 nitrogen and oxygen atoms in total. The molecule has 2 aromatic rings. The van der Waals surface area contributed by atoms with Gasteiger partial charge in [-0.1, -0.05) is 43.7 Å². The number of rotatable bonds is 5. The van der Waals surface area contributed by atoms with E-state index in [4.69, 9.17) is 9.47 Å². The molecule has 1 fully saturated rings. The van der Waals surface area contributed by atoms with Gasteiger partial charge in [0.05, 0.1) is 5.92 Å². The molecule has 6 heteroatoms. The van der Waals surface area contributed by atoms with Crippen LogP contribution in [-0.2, 0) is 4.79 Å². The summed E-state index contributed by atoms with van der Waals surface area (Å²) in [6.07, 6.45) is 0. The lowest BCUT2D eigenvalue weighted by Gasteiger charge is -2.19. The van der Waals surface area contributed by atoms with Gasteiger partial charge >= 0.3 is 0 Å². The maximum atomic E-state index is 13.2. The Bertz CT molecular complexity index is 939. The first-order valence-corrected chi connectivity index (χ1v) is 10.5. The number of nitrogens with zero attached hydrogens (tertiary/aromatic N) is 1. The summed E-state index contributed by atoms with van der Waals surface area (Å²) in [6.45, 7) is 7.90. The summed E-state index contributed by atoms with van der Waals surface area (Å²) < 4.78 is 10.7. The number of nitrogens with one attached hydrogen (secondary N) is 1. The van der Waals surface area contributed by atoms with Crippen molar-refractivity contribution < 1.29 is 19.1 Å². The van der Waals surface area contributed by atoms with E-state index in [1.165, 1.54) is 5.56 Å². The summed E-state index contributed by atoms with van der Waals surface area (Å²) in [6, 6.07) is 13.5. The average Bonchev–Trinajstić information content (AvgIpc) is 3.38. The molecule has 0 aromatic heterocycles. The monoisotopic (exact) mass is 408 g/mol. The van der Waals surface area contributed by atoms with Crippen molar-refractivity contribution in [1.82, 2.24) is 10.2 Å². The number of hydrogen-bond donors (Lipinski definition) is 1. The van der Waals surface area contributed by atoms with E-state index < -0.39 is 0 Å². The Morgan fingerprint density at radius 3 is 2.53 bits per heavy atom. The van der Waals surface area contributed by atoms with Crippen LogP contribution in [0.4, 0.5) is 0 Å². The number of fused-ring (bicyclic) bond motifs is 1. The minimum Gasteiger partial charge on any atom is -0.454 e. The second kappa shape index (κ2) is 8.38. The third-order valence-electron chi connectivity index (χ3n) is 5.75. The molecule has 0 unspecified atom stereocenters. The molecular weight excluding hydrogens is 380 g/mol. The molecule has 1 saturated heterocycles. The minimum absolute atomic E-state index is 0.00950. The van der Waals surface area contributed by atoms with Gasteiger partial charge in [0.25, 0.3) is 5.91 Å². The van der Waals surface area contributed by atoms with Crippen LogP contribution in [0.2, 0.25) is 0 Å². The summed E-state index contributed by atoms with van der Waals surface area (Å²) in [7, 11) is 0. The first-order chi connectivity index (χ1) is 14.4.